The molecule has 0 atom stereocenters. The minimum Gasteiger partial charge on any atom is -0.330 e. The lowest BCUT2D eigenvalue weighted by atomic mass is 10.2. The van der Waals surface area contributed by atoms with Crippen LogP contribution in [0.5, 0.6) is 0 Å². The van der Waals surface area contributed by atoms with E-state index in [4.69, 9.17) is 5.73 Å². The number of unbranched alkanes of at least 4 members (excludes halogenated alkanes) is 1. The van der Waals surface area contributed by atoms with Crippen LogP contribution in [0, 0.1) is 0 Å². The maximum atomic E-state index is 12.4. The van der Waals surface area contributed by atoms with Crippen LogP contribution in [0.1, 0.15) is 32.3 Å². The molecule has 0 fully saturated rings. The molecule has 19 heavy (non-hydrogen) atoms. The predicted molar refractivity (Wildman–Crippen MR) is 78.5 cm³/mol. The maximum absolute atomic E-state index is 12.4. The fourth-order valence-electron chi connectivity index (χ4n) is 1.93. The highest BCUT2D eigenvalue weighted by Crippen LogP contribution is 2.17. The van der Waals surface area contributed by atoms with E-state index < -0.39 is 10.0 Å². The Kier molecular flexibility index (Phi) is 6.48. The van der Waals surface area contributed by atoms with E-state index in [1.807, 2.05) is 19.1 Å². The molecule has 5 heteroatoms. The number of sulfonamides is 1. The summed E-state index contributed by atoms with van der Waals surface area (Å²) in [5.41, 5.74) is 6.55. The molecule has 0 saturated heterocycles. The molecule has 0 aliphatic carbocycles. The van der Waals surface area contributed by atoms with Gasteiger partial charge in [-0.3, -0.25) is 0 Å². The number of benzene rings is 1. The Morgan fingerprint density at radius 3 is 2.26 bits per heavy atom. The van der Waals surface area contributed by atoms with Gasteiger partial charge in [-0.1, -0.05) is 32.4 Å². The zero-order valence-electron chi connectivity index (χ0n) is 11.8. The molecule has 0 aromatic heterocycles. The van der Waals surface area contributed by atoms with E-state index in [0.717, 1.165) is 24.8 Å². The summed E-state index contributed by atoms with van der Waals surface area (Å²) in [6.07, 6.45) is 2.65. The normalized spacial score (nSPS) is 12.0. The van der Waals surface area contributed by atoms with Crippen molar-refractivity contribution in [1.82, 2.24) is 4.31 Å². The number of hydrogen-bond acceptors (Lipinski definition) is 3. The molecule has 108 valence electrons. The molecule has 0 amide bonds. The van der Waals surface area contributed by atoms with Gasteiger partial charge in [-0.25, -0.2) is 8.42 Å². The van der Waals surface area contributed by atoms with Gasteiger partial charge in [-0.05, 0) is 37.1 Å². The van der Waals surface area contributed by atoms with Crippen LogP contribution in [-0.4, -0.2) is 32.4 Å². The highest BCUT2D eigenvalue weighted by molar-refractivity contribution is 7.89. The van der Waals surface area contributed by atoms with Crippen LogP contribution in [-0.2, 0) is 16.4 Å². The molecule has 0 saturated carbocycles. The highest BCUT2D eigenvalue weighted by Gasteiger charge is 2.22. The fourth-order valence-corrected chi connectivity index (χ4v) is 3.41. The third-order valence-corrected chi connectivity index (χ3v) is 5.10. The van der Waals surface area contributed by atoms with Crippen molar-refractivity contribution in [3.05, 3.63) is 29.8 Å². The fraction of sp³-hybridized carbons (Fsp3) is 0.571. The first-order valence-corrected chi connectivity index (χ1v) is 8.29. The van der Waals surface area contributed by atoms with Gasteiger partial charge in [0.05, 0.1) is 4.90 Å². The van der Waals surface area contributed by atoms with Gasteiger partial charge in [0.15, 0.2) is 0 Å². The summed E-state index contributed by atoms with van der Waals surface area (Å²) in [7, 11) is -3.35. The number of hydrogen-bond donors (Lipinski definition) is 1. The molecular weight excluding hydrogens is 260 g/mol. The quantitative estimate of drug-likeness (QED) is 0.794. The number of nitrogens with zero attached hydrogens (tertiary/aromatic N) is 1. The third-order valence-electron chi connectivity index (χ3n) is 3.11. The van der Waals surface area contributed by atoms with Crippen LogP contribution < -0.4 is 5.73 Å². The van der Waals surface area contributed by atoms with Crippen LogP contribution in [0.15, 0.2) is 29.2 Å². The average molecular weight is 284 g/mol. The van der Waals surface area contributed by atoms with Crippen LogP contribution in [0.4, 0.5) is 0 Å². The molecule has 1 rings (SSSR count). The molecule has 0 aliphatic heterocycles. The third kappa shape index (κ3) is 4.30. The van der Waals surface area contributed by atoms with Crippen LogP contribution in [0.25, 0.3) is 0 Å². The SMILES string of the molecule is CCCCN(CC)S(=O)(=O)c1ccc(CCN)cc1. The number of nitrogens with two attached hydrogens (primary N) is 1. The Hall–Kier alpha value is -0.910. The van der Waals surface area contributed by atoms with Gasteiger partial charge in [-0.2, -0.15) is 4.31 Å². The maximum Gasteiger partial charge on any atom is 0.243 e. The van der Waals surface area contributed by atoms with Crippen LogP contribution in [0.2, 0.25) is 0 Å². The average Bonchev–Trinajstić information content (AvgIpc) is 2.40. The summed E-state index contributed by atoms with van der Waals surface area (Å²) in [6, 6.07) is 7.03. The predicted octanol–water partition coefficient (Wildman–Crippen LogP) is 2.00. The van der Waals surface area contributed by atoms with Gasteiger partial charge in [-0.15, -0.1) is 0 Å². The first-order valence-electron chi connectivity index (χ1n) is 6.85. The van der Waals surface area contributed by atoms with Crippen LogP contribution in [0.3, 0.4) is 0 Å². The van der Waals surface area contributed by atoms with Crippen molar-refractivity contribution in [1.29, 1.82) is 0 Å². The molecule has 1 aromatic carbocycles. The molecule has 2 N–H and O–H groups in total. The Morgan fingerprint density at radius 2 is 1.79 bits per heavy atom. The van der Waals surface area contributed by atoms with Crippen molar-refractivity contribution in [2.45, 2.75) is 38.0 Å². The van der Waals surface area contributed by atoms with E-state index in [1.54, 1.807) is 12.1 Å². The smallest absolute Gasteiger partial charge is 0.243 e. The highest BCUT2D eigenvalue weighted by atomic mass is 32.2. The summed E-state index contributed by atoms with van der Waals surface area (Å²) in [6.45, 7) is 5.59. The van der Waals surface area contributed by atoms with Gasteiger partial charge in [0, 0.05) is 13.1 Å². The summed E-state index contributed by atoms with van der Waals surface area (Å²) >= 11 is 0. The van der Waals surface area contributed by atoms with E-state index in [9.17, 15) is 8.42 Å². The Bertz CT molecular complexity index is 469. The van der Waals surface area contributed by atoms with E-state index in [1.165, 1.54) is 4.31 Å². The molecule has 1 aromatic rings. The van der Waals surface area contributed by atoms with E-state index in [0.29, 0.717) is 24.5 Å². The summed E-state index contributed by atoms with van der Waals surface area (Å²) in [5, 5.41) is 0. The first kappa shape index (κ1) is 16.1. The number of rotatable bonds is 8. The van der Waals surface area contributed by atoms with Crippen LogP contribution >= 0.6 is 0 Å². The lowest BCUT2D eigenvalue weighted by Crippen LogP contribution is -2.31. The molecule has 0 aliphatic rings. The summed E-state index contributed by atoms with van der Waals surface area (Å²) < 4.78 is 26.4. The molecule has 0 radical (unpaired) electrons. The lowest BCUT2D eigenvalue weighted by Gasteiger charge is -2.20. The van der Waals surface area contributed by atoms with Gasteiger partial charge >= 0.3 is 0 Å². The van der Waals surface area contributed by atoms with E-state index in [-0.39, 0.29) is 0 Å². The second-order valence-electron chi connectivity index (χ2n) is 4.53. The van der Waals surface area contributed by atoms with E-state index in [2.05, 4.69) is 6.92 Å². The monoisotopic (exact) mass is 284 g/mol. The standard InChI is InChI=1S/C14H24N2O2S/c1-3-5-12-16(4-2)19(17,18)14-8-6-13(7-9-14)10-11-15/h6-9H,3-5,10-12,15H2,1-2H3. The molecule has 0 spiro atoms. The van der Waals surface area contributed by atoms with Crippen molar-refractivity contribution >= 4 is 10.0 Å². The van der Waals surface area contributed by atoms with Crippen molar-refractivity contribution in [3.8, 4) is 0 Å². The Balaban J connectivity index is 2.91. The second-order valence-corrected chi connectivity index (χ2v) is 6.47. The molecule has 0 unspecified atom stereocenters. The minimum atomic E-state index is -3.35. The van der Waals surface area contributed by atoms with Gasteiger partial charge in [0.1, 0.15) is 0 Å². The minimum absolute atomic E-state index is 0.367. The Morgan fingerprint density at radius 1 is 1.16 bits per heavy atom. The summed E-state index contributed by atoms with van der Waals surface area (Å²) in [5.74, 6) is 0. The molecule has 0 heterocycles. The molecule has 0 bridgehead atoms. The van der Waals surface area contributed by atoms with Crippen molar-refractivity contribution in [2.24, 2.45) is 5.73 Å². The summed E-state index contributed by atoms with van der Waals surface area (Å²) in [4.78, 5) is 0.367. The van der Waals surface area contributed by atoms with Crippen molar-refractivity contribution < 1.29 is 8.42 Å². The van der Waals surface area contributed by atoms with Gasteiger partial charge in [0.2, 0.25) is 10.0 Å². The molecular formula is C14H24N2O2S. The zero-order valence-corrected chi connectivity index (χ0v) is 12.6. The van der Waals surface area contributed by atoms with Crippen molar-refractivity contribution in [3.63, 3.8) is 0 Å². The topological polar surface area (TPSA) is 63.4 Å². The zero-order chi connectivity index (χ0) is 14.3. The van der Waals surface area contributed by atoms with E-state index >= 15 is 0 Å². The first-order chi connectivity index (χ1) is 9.06. The largest absolute Gasteiger partial charge is 0.330 e. The molecule has 4 nitrogen and oxygen atoms in total. The van der Waals surface area contributed by atoms with Gasteiger partial charge in [0.25, 0.3) is 0 Å². The van der Waals surface area contributed by atoms with Gasteiger partial charge < -0.3 is 5.73 Å². The Labute approximate surface area is 116 Å². The lowest BCUT2D eigenvalue weighted by molar-refractivity contribution is 0.419. The van der Waals surface area contributed by atoms with Crippen molar-refractivity contribution in [2.75, 3.05) is 19.6 Å². The second kappa shape index (κ2) is 7.62.